The Labute approximate surface area is 214 Å². The zero-order valence-electron chi connectivity index (χ0n) is 22.3. The molecule has 0 bridgehead atoms. The first-order valence-electron chi connectivity index (χ1n) is 13.0. The fourth-order valence-corrected chi connectivity index (χ4v) is 4.58. The van der Waals surface area contributed by atoms with Gasteiger partial charge in [-0.1, -0.05) is 45.7 Å². The molecule has 1 aliphatic rings. The minimum absolute atomic E-state index is 0.0327. The summed E-state index contributed by atoms with van der Waals surface area (Å²) >= 11 is 0. The maximum atomic E-state index is 13.3. The van der Waals surface area contributed by atoms with Gasteiger partial charge in [-0.15, -0.1) is 0 Å². The monoisotopic (exact) mass is 493 g/mol. The lowest BCUT2D eigenvalue weighted by Crippen LogP contribution is -2.30. The second-order valence-electron chi connectivity index (χ2n) is 9.78. The Kier molecular flexibility index (Phi) is 9.19. The van der Waals surface area contributed by atoms with Crippen molar-refractivity contribution < 1.29 is 24.2 Å². The Balaban J connectivity index is 2.12. The van der Waals surface area contributed by atoms with Crippen LogP contribution in [-0.2, 0) is 9.59 Å². The minimum atomic E-state index is -0.663. The number of amides is 1. The molecule has 6 heteroatoms. The Hall–Kier alpha value is -3.28. The number of ketones is 1. The number of aliphatic hydroxyl groups excluding tert-OH is 1. The molecule has 1 amide bonds. The van der Waals surface area contributed by atoms with Crippen molar-refractivity contribution in [3.63, 3.8) is 0 Å². The number of aliphatic hydroxyl groups is 1. The maximum absolute atomic E-state index is 13.3. The third-order valence-corrected chi connectivity index (χ3v) is 6.32. The van der Waals surface area contributed by atoms with E-state index in [0.717, 1.165) is 36.1 Å². The summed E-state index contributed by atoms with van der Waals surface area (Å²) in [5.41, 5.74) is 2.31. The highest BCUT2D eigenvalue weighted by molar-refractivity contribution is 6.46. The van der Waals surface area contributed by atoms with Crippen LogP contribution in [0.3, 0.4) is 0 Å². The maximum Gasteiger partial charge on any atom is 0.295 e. The number of carbonyl (C=O) groups is 2. The number of nitrogens with zero attached hydrogens (tertiary/aromatic N) is 1. The highest BCUT2D eigenvalue weighted by Gasteiger charge is 2.45. The van der Waals surface area contributed by atoms with E-state index in [1.807, 2.05) is 57.2 Å². The lowest BCUT2D eigenvalue weighted by Gasteiger charge is -2.25. The van der Waals surface area contributed by atoms with Gasteiger partial charge in [0.15, 0.2) is 0 Å². The Morgan fingerprint density at radius 3 is 2.28 bits per heavy atom. The van der Waals surface area contributed by atoms with Gasteiger partial charge in [0, 0.05) is 12.1 Å². The van der Waals surface area contributed by atoms with Crippen LogP contribution in [0, 0.1) is 0 Å². The molecule has 2 aromatic carbocycles. The topological polar surface area (TPSA) is 76.1 Å². The SMILES string of the molecule is CCCCCN1C(=O)C(=O)/C(=C(\O)c2ccc(OCC)c(C(C)C)c2)C1c1ccc(OC(C)C)cc1. The molecule has 2 aromatic rings. The number of ether oxygens (including phenoxy) is 2. The lowest BCUT2D eigenvalue weighted by molar-refractivity contribution is -0.139. The van der Waals surface area contributed by atoms with E-state index < -0.39 is 17.7 Å². The normalized spacial score (nSPS) is 17.3. The van der Waals surface area contributed by atoms with Crippen LogP contribution < -0.4 is 9.47 Å². The van der Waals surface area contributed by atoms with Crippen molar-refractivity contribution in [1.29, 1.82) is 0 Å². The zero-order valence-corrected chi connectivity index (χ0v) is 22.3. The van der Waals surface area contributed by atoms with Crippen LogP contribution in [0.25, 0.3) is 5.76 Å². The first-order chi connectivity index (χ1) is 17.2. The van der Waals surface area contributed by atoms with Gasteiger partial charge >= 0.3 is 0 Å². The summed E-state index contributed by atoms with van der Waals surface area (Å²) in [5.74, 6) is 0.224. The first-order valence-corrected chi connectivity index (χ1v) is 13.0. The number of carbonyl (C=O) groups excluding carboxylic acids is 2. The molecule has 194 valence electrons. The second kappa shape index (κ2) is 12.1. The smallest absolute Gasteiger partial charge is 0.295 e. The van der Waals surface area contributed by atoms with Crippen LogP contribution in [0.5, 0.6) is 11.5 Å². The van der Waals surface area contributed by atoms with Crippen molar-refractivity contribution in [1.82, 2.24) is 4.90 Å². The lowest BCUT2D eigenvalue weighted by atomic mass is 9.93. The molecule has 1 heterocycles. The van der Waals surface area contributed by atoms with Gasteiger partial charge < -0.3 is 19.5 Å². The van der Waals surface area contributed by atoms with E-state index >= 15 is 0 Å². The van der Waals surface area contributed by atoms with Gasteiger partial charge in [0.2, 0.25) is 0 Å². The third-order valence-electron chi connectivity index (χ3n) is 6.32. The van der Waals surface area contributed by atoms with Crippen molar-refractivity contribution in [2.75, 3.05) is 13.2 Å². The summed E-state index contributed by atoms with van der Waals surface area (Å²) in [6.45, 7) is 13.0. The standard InChI is InChI=1S/C30H39NO5/c1-7-9-10-17-31-27(21-11-14-23(15-12-21)36-20(5)6)26(29(33)30(31)34)28(32)22-13-16-25(35-8-2)24(18-22)19(3)4/h11-16,18-20,27,32H,7-10,17H2,1-6H3/b28-26-. The van der Waals surface area contributed by atoms with Crippen LogP contribution in [-0.4, -0.2) is 41.0 Å². The van der Waals surface area contributed by atoms with Crippen LogP contribution >= 0.6 is 0 Å². The van der Waals surface area contributed by atoms with Crippen molar-refractivity contribution >= 4 is 17.4 Å². The quantitative estimate of drug-likeness (QED) is 0.165. The van der Waals surface area contributed by atoms with E-state index in [2.05, 4.69) is 20.8 Å². The Morgan fingerprint density at radius 1 is 1.00 bits per heavy atom. The predicted molar refractivity (Wildman–Crippen MR) is 142 cm³/mol. The van der Waals surface area contributed by atoms with E-state index in [0.29, 0.717) is 24.5 Å². The number of Topliss-reactive ketones (excluding diaryl/α,β-unsaturated/α-hetero) is 1. The van der Waals surface area contributed by atoms with Crippen molar-refractivity contribution in [2.45, 2.75) is 78.9 Å². The molecule has 3 rings (SSSR count). The number of rotatable bonds is 11. The van der Waals surface area contributed by atoms with Gasteiger partial charge in [-0.3, -0.25) is 9.59 Å². The molecular weight excluding hydrogens is 454 g/mol. The van der Waals surface area contributed by atoms with Gasteiger partial charge in [-0.2, -0.15) is 0 Å². The summed E-state index contributed by atoms with van der Waals surface area (Å²) in [4.78, 5) is 28.0. The largest absolute Gasteiger partial charge is 0.507 e. The molecule has 0 radical (unpaired) electrons. The average Bonchev–Trinajstić information content (AvgIpc) is 3.09. The molecular formula is C30H39NO5. The fraction of sp³-hybridized carbons (Fsp3) is 0.467. The molecule has 0 spiro atoms. The summed E-state index contributed by atoms with van der Waals surface area (Å²) in [6.07, 6.45) is 2.77. The number of hydrogen-bond donors (Lipinski definition) is 1. The van der Waals surface area contributed by atoms with Crippen molar-refractivity contribution in [3.8, 4) is 11.5 Å². The van der Waals surface area contributed by atoms with Crippen LogP contribution in [0.4, 0.5) is 0 Å². The summed E-state index contributed by atoms with van der Waals surface area (Å²) in [6, 6.07) is 12.2. The zero-order chi connectivity index (χ0) is 26.4. The van der Waals surface area contributed by atoms with Gasteiger partial charge in [0.05, 0.1) is 24.3 Å². The van der Waals surface area contributed by atoms with E-state index in [9.17, 15) is 14.7 Å². The molecule has 36 heavy (non-hydrogen) atoms. The summed E-state index contributed by atoms with van der Waals surface area (Å²) < 4.78 is 11.5. The number of benzene rings is 2. The van der Waals surface area contributed by atoms with Gasteiger partial charge in [0.25, 0.3) is 11.7 Å². The van der Waals surface area contributed by atoms with Crippen molar-refractivity contribution in [3.05, 3.63) is 64.7 Å². The number of unbranched alkanes of at least 4 members (excludes halogenated alkanes) is 2. The Morgan fingerprint density at radius 2 is 1.69 bits per heavy atom. The fourth-order valence-electron chi connectivity index (χ4n) is 4.58. The molecule has 1 aliphatic heterocycles. The molecule has 1 unspecified atom stereocenters. The molecule has 1 atom stereocenters. The van der Waals surface area contributed by atoms with E-state index in [1.54, 1.807) is 11.0 Å². The second-order valence-corrected chi connectivity index (χ2v) is 9.78. The molecule has 1 fully saturated rings. The highest BCUT2D eigenvalue weighted by atomic mass is 16.5. The van der Waals surface area contributed by atoms with E-state index in [-0.39, 0.29) is 23.4 Å². The molecule has 0 aromatic heterocycles. The van der Waals surface area contributed by atoms with Gasteiger partial charge in [0.1, 0.15) is 17.3 Å². The molecule has 1 N–H and O–H groups in total. The highest BCUT2D eigenvalue weighted by Crippen LogP contribution is 2.41. The van der Waals surface area contributed by atoms with Crippen LogP contribution in [0.15, 0.2) is 48.0 Å². The number of hydrogen-bond acceptors (Lipinski definition) is 5. The molecule has 6 nitrogen and oxygen atoms in total. The van der Waals surface area contributed by atoms with E-state index in [1.165, 1.54) is 0 Å². The van der Waals surface area contributed by atoms with E-state index in [4.69, 9.17) is 9.47 Å². The van der Waals surface area contributed by atoms with Gasteiger partial charge in [-0.05, 0) is 74.6 Å². The summed E-state index contributed by atoms with van der Waals surface area (Å²) in [7, 11) is 0. The van der Waals surface area contributed by atoms with Crippen LogP contribution in [0.2, 0.25) is 0 Å². The average molecular weight is 494 g/mol. The van der Waals surface area contributed by atoms with Crippen molar-refractivity contribution in [2.24, 2.45) is 0 Å². The Bertz CT molecular complexity index is 1100. The third kappa shape index (κ3) is 5.92. The van der Waals surface area contributed by atoms with Gasteiger partial charge in [-0.25, -0.2) is 0 Å². The number of likely N-dealkylation sites (tertiary alicyclic amines) is 1. The molecule has 0 saturated carbocycles. The molecule has 1 saturated heterocycles. The summed E-state index contributed by atoms with van der Waals surface area (Å²) in [5, 5.41) is 11.4. The van der Waals surface area contributed by atoms with Crippen LogP contribution in [0.1, 0.15) is 89.5 Å². The first kappa shape index (κ1) is 27.3. The predicted octanol–water partition coefficient (Wildman–Crippen LogP) is 6.61. The minimum Gasteiger partial charge on any atom is -0.507 e. The molecule has 0 aliphatic carbocycles.